The summed E-state index contributed by atoms with van der Waals surface area (Å²) in [6, 6.07) is 0. The number of aromatic nitrogens is 2. The molecule has 0 unspecified atom stereocenters. The van der Waals surface area contributed by atoms with Crippen molar-refractivity contribution in [3.8, 4) is 0 Å². The Morgan fingerprint density at radius 1 is 1.28 bits per heavy atom. The summed E-state index contributed by atoms with van der Waals surface area (Å²) in [6.07, 6.45) is 3.78. The average molecular weight is 266 g/mol. The van der Waals surface area contributed by atoms with Gasteiger partial charge in [0.05, 0.1) is 0 Å². The van der Waals surface area contributed by atoms with Gasteiger partial charge in [-0.05, 0) is 12.8 Å². The highest BCUT2D eigenvalue weighted by Crippen LogP contribution is 2.26. The monoisotopic (exact) mass is 266 g/mol. The quantitative estimate of drug-likeness (QED) is 0.886. The van der Waals surface area contributed by atoms with Gasteiger partial charge in [-0.1, -0.05) is 13.8 Å². The van der Waals surface area contributed by atoms with E-state index in [2.05, 4.69) is 34.0 Å². The number of anilines is 2. The SMILES string of the molecule is CCCNc1ncnc(N2CCSCC2)c1CC. The van der Waals surface area contributed by atoms with E-state index in [0.29, 0.717) is 0 Å². The lowest BCUT2D eigenvalue weighted by atomic mass is 10.2. The van der Waals surface area contributed by atoms with Crippen molar-refractivity contribution >= 4 is 23.4 Å². The summed E-state index contributed by atoms with van der Waals surface area (Å²) in [4.78, 5) is 11.3. The van der Waals surface area contributed by atoms with Crippen molar-refractivity contribution < 1.29 is 0 Å². The van der Waals surface area contributed by atoms with Crippen LogP contribution in [-0.2, 0) is 6.42 Å². The highest BCUT2D eigenvalue weighted by atomic mass is 32.2. The van der Waals surface area contributed by atoms with Crippen molar-refractivity contribution in [3.05, 3.63) is 11.9 Å². The molecule has 100 valence electrons. The Balaban J connectivity index is 2.22. The van der Waals surface area contributed by atoms with Crippen molar-refractivity contribution in [3.63, 3.8) is 0 Å². The van der Waals surface area contributed by atoms with Crippen LogP contribution < -0.4 is 10.2 Å². The van der Waals surface area contributed by atoms with E-state index in [1.807, 2.05) is 11.8 Å². The van der Waals surface area contributed by atoms with Crippen LogP contribution in [0.3, 0.4) is 0 Å². The molecule has 0 aromatic carbocycles. The second-order valence-corrected chi connectivity index (χ2v) is 5.63. The molecule has 0 saturated carbocycles. The van der Waals surface area contributed by atoms with Crippen LogP contribution in [0.4, 0.5) is 11.6 Å². The maximum Gasteiger partial charge on any atom is 0.137 e. The summed E-state index contributed by atoms with van der Waals surface area (Å²) in [6.45, 7) is 7.52. The second kappa shape index (κ2) is 6.83. The zero-order chi connectivity index (χ0) is 12.8. The molecule has 1 aliphatic rings. The minimum atomic E-state index is 0.972. The second-order valence-electron chi connectivity index (χ2n) is 4.40. The Hall–Kier alpha value is -0.970. The van der Waals surface area contributed by atoms with Gasteiger partial charge in [0.15, 0.2) is 0 Å². The predicted molar refractivity (Wildman–Crippen MR) is 79.7 cm³/mol. The predicted octanol–water partition coefficient (Wildman–Crippen LogP) is 2.41. The van der Waals surface area contributed by atoms with E-state index in [-0.39, 0.29) is 0 Å². The minimum absolute atomic E-state index is 0.972. The van der Waals surface area contributed by atoms with E-state index in [1.54, 1.807) is 6.33 Å². The number of nitrogens with zero attached hydrogens (tertiary/aromatic N) is 3. The molecule has 1 N–H and O–H groups in total. The molecule has 4 nitrogen and oxygen atoms in total. The van der Waals surface area contributed by atoms with Crippen molar-refractivity contribution in [2.24, 2.45) is 0 Å². The van der Waals surface area contributed by atoms with Gasteiger partial charge in [-0.2, -0.15) is 11.8 Å². The van der Waals surface area contributed by atoms with Crippen LogP contribution >= 0.6 is 11.8 Å². The molecule has 0 aliphatic carbocycles. The van der Waals surface area contributed by atoms with Gasteiger partial charge in [0.2, 0.25) is 0 Å². The topological polar surface area (TPSA) is 41.1 Å². The number of thioether (sulfide) groups is 1. The normalized spacial score (nSPS) is 15.8. The number of hydrogen-bond acceptors (Lipinski definition) is 5. The lowest BCUT2D eigenvalue weighted by molar-refractivity contribution is 0.820. The highest BCUT2D eigenvalue weighted by Gasteiger charge is 2.17. The van der Waals surface area contributed by atoms with Crippen LogP contribution in [0, 0.1) is 0 Å². The molecule has 2 heterocycles. The summed E-state index contributed by atoms with van der Waals surface area (Å²) in [5.41, 5.74) is 1.26. The molecule has 1 saturated heterocycles. The van der Waals surface area contributed by atoms with E-state index >= 15 is 0 Å². The molecule has 1 aromatic rings. The van der Waals surface area contributed by atoms with E-state index in [1.165, 1.54) is 17.1 Å². The number of rotatable bonds is 5. The Kier molecular flexibility index (Phi) is 5.11. The Morgan fingerprint density at radius 3 is 2.72 bits per heavy atom. The average Bonchev–Trinajstić information content (AvgIpc) is 2.45. The first-order valence-corrected chi connectivity index (χ1v) is 7.92. The summed E-state index contributed by atoms with van der Waals surface area (Å²) in [5, 5.41) is 3.41. The fourth-order valence-electron chi connectivity index (χ4n) is 2.17. The molecular weight excluding hydrogens is 244 g/mol. The molecule has 5 heteroatoms. The van der Waals surface area contributed by atoms with Crippen LogP contribution in [0.1, 0.15) is 25.8 Å². The molecule has 0 radical (unpaired) electrons. The van der Waals surface area contributed by atoms with Crippen LogP contribution in [-0.4, -0.2) is 41.1 Å². The van der Waals surface area contributed by atoms with E-state index in [4.69, 9.17) is 0 Å². The first-order chi connectivity index (χ1) is 8.86. The maximum absolute atomic E-state index is 4.51. The molecule has 0 atom stereocenters. The lowest BCUT2D eigenvalue weighted by Crippen LogP contribution is -2.34. The largest absolute Gasteiger partial charge is 0.370 e. The van der Waals surface area contributed by atoms with Gasteiger partial charge in [0.25, 0.3) is 0 Å². The van der Waals surface area contributed by atoms with Crippen LogP contribution in [0.15, 0.2) is 6.33 Å². The molecule has 1 fully saturated rings. The summed E-state index contributed by atoms with van der Waals surface area (Å²) in [7, 11) is 0. The number of nitrogens with one attached hydrogen (secondary N) is 1. The Morgan fingerprint density at radius 2 is 2.06 bits per heavy atom. The molecule has 0 bridgehead atoms. The summed E-state index contributed by atoms with van der Waals surface area (Å²) < 4.78 is 0. The van der Waals surface area contributed by atoms with Gasteiger partial charge in [0, 0.05) is 36.7 Å². The third-order valence-corrected chi connectivity index (χ3v) is 4.07. The van der Waals surface area contributed by atoms with Crippen molar-refractivity contribution in [1.82, 2.24) is 9.97 Å². The van der Waals surface area contributed by atoms with E-state index in [9.17, 15) is 0 Å². The Bertz CT molecular complexity index is 377. The van der Waals surface area contributed by atoms with Crippen LogP contribution in [0.2, 0.25) is 0 Å². The van der Waals surface area contributed by atoms with Crippen LogP contribution in [0.25, 0.3) is 0 Å². The van der Waals surface area contributed by atoms with Gasteiger partial charge in [-0.25, -0.2) is 9.97 Å². The fourth-order valence-corrected chi connectivity index (χ4v) is 3.08. The molecule has 2 rings (SSSR count). The lowest BCUT2D eigenvalue weighted by Gasteiger charge is -2.29. The summed E-state index contributed by atoms with van der Waals surface area (Å²) >= 11 is 2.02. The maximum atomic E-state index is 4.51. The summed E-state index contributed by atoms with van der Waals surface area (Å²) in [5.74, 6) is 4.55. The molecule has 1 aliphatic heterocycles. The molecule has 0 spiro atoms. The highest BCUT2D eigenvalue weighted by molar-refractivity contribution is 7.99. The molecular formula is C13H22N4S. The van der Waals surface area contributed by atoms with Gasteiger partial charge < -0.3 is 10.2 Å². The molecule has 0 amide bonds. The van der Waals surface area contributed by atoms with Gasteiger partial charge in [-0.3, -0.25) is 0 Å². The van der Waals surface area contributed by atoms with Gasteiger partial charge in [0.1, 0.15) is 18.0 Å². The van der Waals surface area contributed by atoms with Crippen molar-refractivity contribution in [2.75, 3.05) is 41.4 Å². The standard InChI is InChI=1S/C13H22N4S/c1-3-5-14-12-11(4-2)13(16-10-15-12)17-6-8-18-9-7-17/h10H,3-9H2,1-2H3,(H,14,15,16). The van der Waals surface area contributed by atoms with E-state index < -0.39 is 0 Å². The van der Waals surface area contributed by atoms with Gasteiger partial charge in [-0.15, -0.1) is 0 Å². The van der Waals surface area contributed by atoms with Crippen molar-refractivity contribution in [2.45, 2.75) is 26.7 Å². The van der Waals surface area contributed by atoms with Crippen LogP contribution in [0.5, 0.6) is 0 Å². The smallest absolute Gasteiger partial charge is 0.137 e. The fraction of sp³-hybridized carbons (Fsp3) is 0.692. The van der Waals surface area contributed by atoms with Crippen molar-refractivity contribution in [1.29, 1.82) is 0 Å². The van der Waals surface area contributed by atoms with Gasteiger partial charge >= 0.3 is 0 Å². The molecule has 1 aromatic heterocycles. The molecule has 18 heavy (non-hydrogen) atoms. The first kappa shape index (κ1) is 13.5. The number of hydrogen-bond donors (Lipinski definition) is 1. The zero-order valence-corrected chi connectivity index (χ0v) is 12.1. The third-order valence-electron chi connectivity index (χ3n) is 3.13. The van der Waals surface area contributed by atoms with E-state index in [0.717, 1.165) is 44.1 Å². The first-order valence-electron chi connectivity index (χ1n) is 6.77. The third kappa shape index (κ3) is 3.07. The minimum Gasteiger partial charge on any atom is -0.370 e. The Labute approximate surface area is 114 Å². The zero-order valence-electron chi connectivity index (χ0n) is 11.3.